The van der Waals surface area contributed by atoms with Crippen molar-refractivity contribution in [1.29, 1.82) is 0 Å². The molecule has 0 aliphatic rings. The van der Waals surface area contributed by atoms with Crippen LogP contribution in [0.3, 0.4) is 0 Å². The van der Waals surface area contributed by atoms with E-state index in [-0.39, 0.29) is 23.7 Å². The molecule has 5 N–H and O–H groups in total. The molecule has 2 amide bonds. The summed E-state index contributed by atoms with van der Waals surface area (Å²) < 4.78 is 0. The van der Waals surface area contributed by atoms with Crippen LogP contribution in [0.25, 0.3) is 0 Å². The maximum atomic E-state index is 11.8. The number of aliphatic carboxylic acids is 1. The standard InChI is InChI=1S/C11H11N3O4.ClH/c12-8-4-2-1-3-7(8)11(18)14(13)9(15)5-6-10(16)17;/h1-6H,12-13H2,(H,16,17);1H/b6-5-;. The lowest BCUT2D eigenvalue weighted by molar-refractivity contribution is -0.132. The molecule has 0 spiro atoms. The second-order valence-electron chi connectivity index (χ2n) is 3.27. The summed E-state index contributed by atoms with van der Waals surface area (Å²) in [5, 5.41) is 8.64. The summed E-state index contributed by atoms with van der Waals surface area (Å²) in [6, 6.07) is 6.08. The van der Waals surface area contributed by atoms with Gasteiger partial charge in [0.1, 0.15) is 0 Å². The van der Waals surface area contributed by atoms with E-state index >= 15 is 0 Å². The molecule has 0 heterocycles. The smallest absolute Gasteiger partial charge is 0.328 e. The van der Waals surface area contributed by atoms with Crippen LogP contribution in [0.15, 0.2) is 36.4 Å². The summed E-state index contributed by atoms with van der Waals surface area (Å²) in [4.78, 5) is 33.4. The Balaban J connectivity index is 0.00000324. The van der Waals surface area contributed by atoms with Crippen LogP contribution in [-0.4, -0.2) is 27.9 Å². The van der Waals surface area contributed by atoms with Crippen LogP contribution in [0, 0.1) is 0 Å². The van der Waals surface area contributed by atoms with Crippen LogP contribution in [0.5, 0.6) is 0 Å². The van der Waals surface area contributed by atoms with Gasteiger partial charge in [-0.3, -0.25) is 9.59 Å². The van der Waals surface area contributed by atoms with Gasteiger partial charge in [-0.05, 0) is 12.1 Å². The summed E-state index contributed by atoms with van der Waals surface area (Å²) in [5.74, 6) is 2.20. The monoisotopic (exact) mass is 285 g/mol. The van der Waals surface area contributed by atoms with E-state index < -0.39 is 17.8 Å². The second-order valence-corrected chi connectivity index (χ2v) is 3.27. The van der Waals surface area contributed by atoms with Gasteiger partial charge in [0.15, 0.2) is 0 Å². The third kappa shape index (κ3) is 4.41. The second kappa shape index (κ2) is 7.14. The fourth-order valence-electron chi connectivity index (χ4n) is 1.14. The van der Waals surface area contributed by atoms with Crippen molar-refractivity contribution in [3.05, 3.63) is 42.0 Å². The van der Waals surface area contributed by atoms with Crippen molar-refractivity contribution in [3.8, 4) is 0 Å². The van der Waals surface area contributed by atoms with Gasteiger partial charge in [0.25, 0.3) is 11.8 Å². The summed E-state index contributed by atoms with van der Waals surface area (Å²) in [7, 11) is 0. The predicted molar refractivity (Wildman–Crippen MR) is 70.2 cm³/mol. The Labute approximate surface area is 114 Å². The number of hydrogen-bond donors (Lipinski definition) is 3. The Morgan fingerprint density at radius 3 is 2.26 bits per heavy atom. The molecule has 0 radical (unpaired) electrons. The fourth-order valence-corrected chi connectivity index (χ4v) is 1.14. The molecule has 0 atom stereocenters. The molecule has 0 saturated carbocycles. The quantitative estimate of drug-likeness (QED) is 0.239. The molecule has 102 valence electrons. The number of benzene rings is 1. The van der Waals surface area contributed by atoms with Gasteiger partial charge in [-0.25, -0.2) is 15.6 Å². The summed E-state index contributed by atoms with van der Waals surface area (Å²) in [6.07, 6.45) is 1.27. The van der Waals surface area contributed by atoms with E-state index in [0.29, 0.717) is 17.2 Å². The number of halogens is 1. The van der Waals surface area contributed by atoms with Crippen LogP contribution >= 0.6 is 12.4 Å². The molecule has 0 unspecified atom stereocenters. The van der Waals surface area contributed by atoms with Crippen molar-refractivity contribution in [1.82, 2.24) is 5.01 Å². The lowest BCUT2D eigenvalue weighted by Gasteiger charge is -2.13. The molecule has 0 saturated heterocycles. The molecule has 0 aliphatic heterocycles. The molecule has 19 heavy (non-hydrogen) atoms. The SMILES string of the molecule is Cl.Nc1ccccc1C(=O)N(N)C(=O)/C=C\C(=O)O. The molecule has 0 bridgehead atoms. The minimum absolute atomic E-state index is 0. The Bertz CT molecular complexity index is 530. The third-order valence-corrected chi connectivity index (χ3v) is 2.02. The highest BCUT2D eigenvalue weighted by Gasteiger charge is 2.19. The number of nitrogen functional groups attached to an aromatic ring is 1. The largest absolute Gasteiger partial charge is 0.478 e. The number of carbonyl (C=O) groups excluding carboxylic acids is 2. The molecular weight excluding hydrogens is 274 g/mol. The van der Waals surface area contributed by atoms with Crippen molar-refractivity contribution >= 4 is 35.9 Å². The van der Waals surface area contributed by atoms with E-state index in [1.807, 2.05) is 0 Å². The number of rotatable bonds is 3. The van der Waals surface area contributed by atoms with Gasteiger partial charge in [0.05, 0.1) is 5.56 Å². The molecule has 0 fully saturated rings. The first-order chi connectivity index (χ1) is 8.43. The fraction of sp³-hybridized carbons (Fsp3) is 0. The highest BCUT2D eigenvalue weighted by Crippen LogP contribution is 2.12. The van der Waals surface area contributed by atoms with Crippen LogP contribution in [-0.2, 0) is 9.59 Å². The number of para-hydroxylation sites is 1. The van der Waals surface area contributed by atoms with E-state index in [2.05, 4.69) is 0 Å². The molecule has 8 heteroatoms. The molecule has 0 aromatic heterocycles. The van der Waals surface area contributed by atoms with E-state index in [1.165, 1.54) is 12.1 Å². The van der Waals surface area contributed by atoms with Crippen LogP contribution in [0.4, 0.5) is 5.69 Å². The van der Waals surface area contributed by atoms with Gasteiger partial charge < -0.3 is 10.8 Å². The van der Waals surface area contributed by atoms with Crippen LogP contribution in [0.2, 0.25) is 0 Å². The lowest BCUT2D eigenvalue weighted by Crippen LogP contribution is -2.42. The molecule has 1 aromatic rings. The zero-order chi connectivity index (χ0) is 13.7. The molecule has 7 nitrogen and oxygen atoms in total. The number of amides is 2. The Morgan fingerprint density at radius 1 is 1.16 bits per heavy atom. The van der Waals surface area contributed by atoms with Gasteiger partial charge >= 0.3 is 5.97 Å². The van der Waals surface area contributed by atoms with Crippen molar-refractivity contribution in [3.63, 3.8) is 0 Å². The van der Waals surface area contributed by atoms with Crippen molar-refractivity contribution in [2.75, 3.05) is 5.73 Å². The highest BCUT2D eigenvalue weighted by molar-refractivity contribution is 6.10. The number of nitrogens with two attached hydrogens (primary N) is 2. The van der Waals surface area contributed by atoms with Crippen LogP contribution < -0.4 is 11.6 Å². The minimum Gasteiger partial charge on any atom is -0.478 e. The highest BCUT2D eigenvalue weighted by atomic mass is 35.5. The first kappa shape index (κ1) is 16.6. The normalized spacial score (nSPS) is 9.74. The maximum absolute atomic E-state index is 11.8. The van der Waals surface area contributed by atoms with Crippen molar-refractivity contribution in [2.24, 2.45) is 5.84 Å². The average molecular weight is 286 g/mol. The van der Waals surface area contributed by atoms with Crippen molar-refractivity contribution < 1.29 is 19.5 Å². The first-order valence-electron chi connectivity index (χ1n) is 4.82. The first-order valence-corrected chi connectivity index (χ1v) is 4.82. The van der Waals surface area contributed by atoms with Crippen molar-refractivity contribution in [2.45, 2.75) is 0 Å². The number of imide groups is 1. The van der Waals surface area contributed by atoms with E-state index in [1.54, 1.807) is 12.1 Å². The summed E-state index contributed by atoms with van der Waals surface area (Å²) in [6.45, 7) is 0. The number of carboxylic acid groups (broad SMARTS) is 1. The minimum atomic E-state index is -1.32. The lowest BCUT2D eigenvalue weighted by atomic mass is 10.1. The molecule has 1 aromatic carbocycles. The van der Waals surface area contributed by atoms with E-state index in [0.717, 1.165) is 0 Å². The van der Waals surface area contributed by atoms with E-state index in [9.17, 15) is 14.4 Å². The Hall–Kier alpha value is -2.38. The topological polar surface area (TPSA) is 127 Å². The number of hydrogen-bond acceptors (Lipinski definition) is 5. The zero-order valence-corrected chi connectivity index (χ0v) is 10.5. The Kier molecular flexibility index (Phi) is 6.25. The Morgan fingerprint density at radius 2 is 1.74 bits per heavy atom. The predicted octanol–water partition coefficient (Wildman–Crippen LogP) is 0.174. The number of nitrogens with zero attached hydrogens (tertiary/aromatic N) is 1. The van der Waals surface area contributed by atoms with Gasteiger partial charge in [-0.15, -0.1) is 12.4 Å². The third-order valence-electron chi connectivity index (χ3n) is 2.02. The maximum Gasteiger partial charge on any atom is 0.328 e. The molecular formula is C11H12ClN3O4. The van der Waals surface area contributed by atoms with Crippen LogP contribution in [0.1, 0.15) is 10.4 Å². The van der Waals surface area contributed by atoms with Gasteiger partial charge in [0, 0.05) is 17.8 Å². The average Bonchev–Trinajstić information content (AvgIpc) is 2.34. The molecule has 0 aliphatic carbocycles. The summed E-state index contributed by atoms with van der Waals surface area (Å²) in [5.41, 5.74) is 5.80. The zero-order valence-electron chi connectivity index (χ0n) is 9.65. The van der Waals surface area contributed by atoms with Gasteiger partial charge in [-0.2, -0.15) is 0 Å². The van der Waals surface area contributed by atoms with Gasteiger partial charge in [0.2, 0.25) is 0 Å². The molecule has 1 rings (SSSR count). The number of anilines is 1. The summed E-state index contributed by atoms with van der Waals surface area (Å²) >= 11 is 0. The van der Waals surface area contributed by atoms with E-state index in [4.69, 9.17) is 16.7 Å². The van der Waals surface area contributed by atoms with Gasteiger partial charge in [-0.1, -0.05) is 12.1 Å². The number of carbonyl (C=O) groups is 3. The number of carboxylic acids is 1. The number of hydrazine groups is 1.